The van der Waals surface area contributed by atoms with Crippen LogP contribution in [-0.4, -0.2) is 34.9 Å². The van der Waals surface area contributed by atoms with Crippen LogP contribution in [0.15, 0.2) is 23.1 Å². The molecule has 4 nitrogen and oxygen atoms in total. The normalized spacial score (nSPS) is 16.4. The van der Waals surface area contributed by atoms with E-state index in [0.717, 1.165) is 17.7 Å². The fourth-order valence-corrected chi connectivity index (χ4v) is 3.90. The fourth-order valence-electron chi connectivity index (χ4n) is 2.37. The molecule has 0 spiro atoms. The third-order valence-electron chi connectivity index (χ3n) is 3.78. The molecule has 1 fully saturated rings. The Morgan fingerprint density at radius 2 is 1.96 bits per heavy atom. The highest BCUT2D eigenvalue weighted by atomic mass is 32.2. The van der Waals surface area contributed by atoms with Gasteiger partial charge in [0.2, 0.25) is 0 Å². The van der Waals surface area contributed by atoms with Gasteiger partial charge in [0.05, 0.1) is 18.6 Å². The lowest BCUT2D eigenvalue weighted by Gasteiger charge is -2.18. The number of hydrogen-bond acceptors (Lipinski definition) is 5. The molecular formula is C19H25NO3S2. The Hall–Kier alpha value is -1.53. The van der Waals surface area contributed by atoms with Crippen LogP contribution in [0, 0.1) is 5.92 Å². The molecule has 1 saturated heterocycles. The van der Waals surface area contributed by atoms with Gasteiger partial charge in [-0.15, -0.1) is 0 Å². The highest BCUT2D eigenvalue weighted by molar-refractivity contribution is 8.26. The quantitative estimate of drug-likeness (QED) is 0.506. The lowest BCUT2D eigenvalue weighted by molar-refractivity contribution is -0.123. The van der Waals surface area contributed by atoms with Gasteiger partial charge < -0.3 is 9.47 Å². The first kappa shape index (κ1) is 19.8. The summed E-state index contributed by atoms with van der Waals surface area (Å²) in [5.74, 6) is 1.93. The second-order valence-corrected chi connectivity index (χ2v) is 8.26. The Bertz CT molecular complexity index is 683. The Labute approximate surface area is 159 Å². The van der Waals surface area contributed by atoms with Gasteiger partial charge in [-0.3, -0.25) is 9.69 Å². The van der Waals surface area contributed by atoms with Crippen LogP contribution in [0.2, 0.25) is 0 Å². The van der Waals surface area contributed by atoms with Crippen molar-refractivity contribution in [1.29, 1.82) is 0 Å². The van der Waals surface area contributed by atoms with Crippen LogP contribution in [0.1, 0.15) is 39.7 Å². The number of nitrogens with zero attached hydrogens (tertiary/aromatic N) is 1. The third-order valence-corrected chi connectivity index (χ3v) is 5.11. The van der Waals surface area contributed by atoms with Crippen LogP contribution in [-0.2, 0) is 4.79 Å². The lowest BCUT2D eigenvalue weighted by Crippen LogP contribution is -2.34. The molecule has 6 heteroatoms. The molecule has 0 aliphatic carbocycles. The summed E-state index contributed by atoms with van der Waals surface area (Å²) in [6.07, 6.45) is 2.84. The largest absolute Gasteiger partial charge is 0.493 e. The molecule has 1 aliphatic rings. The number of rotatable bonds is 7. The summed E-state index contributed by atoms with van der Waals surface area (Å²) in [4.78, 5) is 14.8. The molecule has 1 aromatic rings. The van der Waals surface area contributed by atoms with E-state index in [1.54, 1.807) is 12.0 Å². The van der Waals surface area contributed by atoms with Gasteiger partial charge in [0, 0.05) is 6.04 Å². The Kier molecular flexibility index (Phi) is 6.90. The molecule has 1 amide bonds. The Morgan fingerprint density at radius 1 is 1.24 bits per heavy atom. The van der Waals surface area contributed by atoms with Crippen LogP contribution < -0.4 is 9.47 Å². The van der Waals surface area contributed by atoms with Crippen molar-refractivity contribution < 1.29 is 14.3 Å². The SMILES string of the molecule is COc1cc(C=C2SC(=S)N(C(C)C)C2=O)ccc1OCCC(C)C. The highest BCUT2D eigenvalue weighted by Crippen LogP contribution is 2.35. The maximum absolute atomic E-state index is 12.5. The van der Waals surface area contributed by atoms with Gasteiger partial charge in [-0.05, 0) is 50.0 Å². The molecule has 1 aliphatic heterocycles. The minimum Gasteiger partial charge on any atom is -0.493 e. The van der Waals surface area contributed by atoms with E-state index < -0.39 is 0 Å². The zero-order valence-electron chi connectivity index (χ0n) is 15.4. The van der Waals surface area contributed by atoms with Crippen LogP contribution in [0.3, 0.4) is 0 Å². The van der Waals surface area contributed by atoms with E-state index in [1.807, 2.05) is 38.1 Å². The van der Waals surface area contributed by atoms with E-state index in [4.69, 9.17) is 21.7 Å². The van der Waals surface area contributed by atoms with Crippen molar-refractivity contribution in [3.05, 3.63) is 28.7 Å². The number of carbonyl (C=O) groups excluding carboxylic acids is 1. The maximum atomic E-state index is 12.5. The fraction of sp³-hybridized carbons (Fsp3) is 0.474. The van der Waals surface area contributed by atoms with Crippen LogP contribution in [0.4, 0.5) is 0 Å². The van der Waals surface area contributed by atoms with Gasteiger partial charge >= 0.3 is 0 Å². The van der Waals surface area contributed by atoms with Gasteiger partial charge in [-0.1, -0.05) is 43.9 Å². The molecule has 136 valence electrons. The van der Waals surface area contributed by atoms with E-state index in [0.29, 0.717) is 27.5 Å². The molecule has 0 saturated carbocycles. The predicted octanol–water partition coefficient (Wildman–Crippen LogP) is 4.73. The number of carbonyl (C=O) groups is 1. The molecule has 1 aromatic carbocycles. The Morgan fingerprint density at radius 3 is 2.52 bits per heavy atom. The van der Waals surface area contributed by atoms with Crippen molar-refractivity contribution in [2.45, 2.75) is 40.2 Å². The van der Waals surface area contributed by atoms with Gasteiger partial charge in [0.1, 0.15) is 4.32 Å². The molecule has 25 heavy (non-hydrogen) atoms. The molecular weight excluding hydrogens is 354 g/mol. The highest BCUT2D eigenvalue weighted by Gasteiger charge is 2.33. The molecule has 1 heterocycles. The first-order valence-corrected chi connectivity index (χ1v) is 9.63. The van der Waals surface area contributed by atoms with E-state index in [9.17, 15) is 4.79 Å². The van der Waals surface area contributed by atoms with Crippen molar-refractivity contribution in [3.8, 4) is 11.5 Å². The molecule has 0 radical (unpaired) electrons. The maximum Gasteiger partial charge on any atom is 0.266 e. The number of thioether (sulfide) groups is 1. The first-order valence-electron chi connectivity index (χ1n) is 8.41. The molecule has 0 aromatic heterocycles. The van der Waals surface area contributed by atoms with E-state index >= 15 is 0 Å². The third kappa shape index (κ3) is 4.98. The van der Waals surface area contributed by atoms with Crippen molar-refractivity contribution >= 4 is 40.3 Å². The lowest BCUT2D eigenvalue weighted by atomic mass is 10.1. The van der Waals surface area contributed by atoms with Gasteiger partial charge in [-0.2, -0.15) is 0 Å². The van der Waals surface area contributed by atoms with Crippen molar-refractivity contribution in [2.75, 3.05) is 13.7 Å². The van der Waals surface area contributed by atoms with Gasteiger partial charge in [0.15, 0.2) is 11.5 Å². The van der Waals surface area contributed by atoms with Gasteiger partial charge in [-0.25, -0.2) is 0 Å². The first-order chi connectivity index (χ1) is 11.8. The minimum atomic E-state index is -0.0405. The summed E-state index contributed by atoms with van der Waals surface area (Å²) in [6, 6.07) is 5.75. The van der Waals surface area contributed by atoms with E-state index in [1.165, 1.54) is 11.8 Å². The topological polar surface area (TPSA) is 38.8 Å². The van der Waals surface area contributed by atoms with Gasteiger partial charge in [0.25, 0.3) is 5.91 Å². The number of benzene rings is 1. The zero-order chi connectivity index (χ0) is 18.6. The molecule has 2 rings (SSSR count). The van der Waals surface area contributed by atoms with E-state index in [-0.39, 0.29) is 11.9 Å². The summed E-state index contributed by atoms with van der Waals surface area (Å²) in [6.45, 7) is 8.90. The summed E-state index contributed by atoms with van der Waals surface area (Å²) in [7, 11) is 1.62. The molecule has 0 bridgehead atoms. The van der Waals surface area contributed by atoms with Crippen molar-refractivity contribution in [3.63, 3.8) is 0 Å². The predicted molar refractivity (Wildman–Crippen MR) is 108 cm³/mol. The zero-order valence-corrected chi connectivity index (χ0v) is 17.0. The Balaban J connectivity index is 2.18. The molecule has 0 unspecified atom stereocenters. The van der Waals surface area contributed by atoms with Crippen molar-refractivity contribution in [2.24, 2.45) is 5.92 Å². The van der Waals surface area contributed by atoms with Crippen LogP contribution >= 0.6 is 24.0 Å². The number of amides is 1. The minimum absolute atomic E-state index is 0.0405. The second kappa shape index (κ2) is 8.72. The van der Waals surface area contributed by atoms with E-state index in [2.05, 4.69) is 13.8 Å². The van der Waals surface area contributed by atoms with Crippen LogP contribution in [0.25, 0.3) is 6.08 Å². The average Bonchev–Trinajstić information content (AvgIpc) is 2.82. The molecule has 0 N–H and O–H groups in total. The number of hydrogen-bond donors (Lipinski definition) is 0. The number of methoxy groups -OCH3 is 1. The number of ether oxygens (including phenoxy) is 2. The summed E-state index contributed by atoms with van der Waals surface area (Å²) in [5.41, 5.74) is 0.886. The average molecular weight is 380 g/mol. The summed E-state index contributed by atoms with van der Waals surface area (Å²) >= 11 is 6.64. The number of thiocarbonyl (C=S) groups is 1. The standard InChI is InChI=1S/C19H25NO3S2/c1-12(2)8-9-23-15-7-6-14(10-16(15)22-5)11-17-18(21)20(13(3)4)19(24)25-17/h6-7,10-13H,8-9H2,1-5H3. The molecule has 0 atom stereocenters. The van der Waals surface area contributed by atoms with Crippen molar-refractivity contribution in [1.82, 2.24) is 4.90 Å². The second-order valence-electron chi connectivity index (χ2n) is 6.59. The summed E-state index contributed by atoms with van der Waals surface area (Å²) < 4.78 is 11.8. The smallest absolute Gasteiger partial charge is 0.266 e. The summed E-state index contributed by atoms with van der Waals surface area (Å²) in [5, 5.41) is 0. The monoisotopic (exact) mass is 379 g/mol. The van der Waals surface area contributed by atoms with Crippen LogP contribution in [0.5, 0.6) is 11.5 Å².